The van der Waals surface area contributed by atoms with Crippen molar-refractivity contribution in [3.63, 3.8) is 0 Å². The minimum Gasteiger partial charge on any atom is -0.335 e. The van der Waals surface area contributed by atoms with Crippen molar-refractivity contribution in [1.82, 2.24) is 14.8 Å². The lowest BCUT2D eigenvalue weighted by atomic mass is 9.80. The number of carbonyl (C=O) groups is 1. The number of amides is 2. The van der Waals surface area contributed by atoms with E-state index in [4.69, 9.17) is 0 Å². The molecular formula is C25H28N4O2. The second-order valence-electron chi connectivity index (χ2n) is 9.26. The highest BCUT2D eigenvalue weighted by atomic mass is 16.2. The van der Waals surface area contributed by atoms with Gasteiger partial charge in [-0.2, -0.15) is 5.26 Å². The Balaban J connectivity index is 1.45. The molecule has 1 aromatic carbocycles. The van der Waals surface area contributed by atoms with E-state index in [0.29, 0.717) is 37.2 Å². The summed E-state index contributed by atoms with van der Waals surface area (Å²) >= 11 is 0. The Hall–Kier alpha value is -3.07. The summed E-state index contributed by atoms with van der Waals surface area (Å²) in [5, 5.41) is 12.6. The van der Waals surface area contributed by atoms with Crippen LogP contribution in [0.2, 0.25) is 0 Å². The van der Waals surface area contributed by atoms with Crippen molar-refractivity contribution in [1.29, 1.82) is 5.26 Å². The zero-order valence-corrected chi connectivity index (χ0v) is 17.7. The highest BCUT2D eigenvalue weighted by Gasteiger charge is 2.38. The molecule has 0 radical (unpaired) electrons. The van der Waals surface area contributed by atoms with E-state index in [0.717, 1.165) is 36.1 Å². The number of pyridine rings is 1. The third kappa shape index (κ3) is 3.85. The van der Waals surface area contributed by atoms with Crippen LogP contribution in [0, 0.1) is 17.2 Å². The van der Waals surface area contributed by atoms with Crippen LogP contribution in [0.5, 0.6) is 0 Å². The SMILES string of the molecule is N#Cc1cccc(-c2ccc(=O)n3c2C2CC(CN(C(=O)NC4CCCCC4)C2)C3)c1. The number of likely N-dealkylation sites (tertiary alicyclic amines) is 1. The van der Waals surface area contributed by atoms with Gasteiger partial charge >= 0.3 is 6.03 Å². The fraction of sp³-hybridized carbons (Fsp3) is 0.480. The number of carbonyl (C=O) groups excluding carboxylic acids is 1. The molecule has 0 spiro atoms. The summed E-state index contributed by atoms with van der Waals surface area (Å²) in [6.45, 7) is 1.97. The maximum absolute atomic E-state index is 13.0. The van der Waals surface area contributed by atoms with Crippen LogP contribution in [-0.2, 0) is 6.54 Å². The molecule has 2 atom stereocenters. The van der Waals surface area contributed by atoms with Crippen LogP contribution < -0.4 is 10.9 Å². The quantitative estimate of drug-likeness (QED) is 0.808. The first-order chi connectivity index (χ1) is 15.1. The molecule has 31 heavy (non-hydrogen) atoms. The molecule has 3 heterocycles. The molecule has 1 aromatic heterocycles. The smallest absolute Gasteiger partial charge is 0.317 e. The van der Waals surface area contributed by atoms with E-state index in [-0.39, 0.29) is 17.5 Å². The standard InChI is InChI=1S/C25H28N4O2/c26-13-17-5-4-6-19(11-17)22-9-10-23(30)29-15-18-12-20(24(22)29)16-28(14-18)25(31)27-21-7-2-1-3-8-21/h4-6,9-11,18,20-21H,1-3,7-8,12,14-16H2,(H,27,31). The summed E-state index contributed by atoms with van der Waals surface area (Å²) in [6.07, 6.45) is 6.78. The molecule has 2 fully saturated rings. The van der Waals surface area contributed by atoms with Gasteiger partial charge in [0.1, 0.15) is 0 Å². The van der Waals surface area contributed by atoms with Gasteiger partial charge in [0.25, 0.3) is 5.56 Å². The fourth-order valence-corrected chi connectivity index (χ4v) is 5.69. The number of rotatable bonds is 2. The molecule has 2 amide bonds. The minimum atomic E-state index is 0.0185. The van der Waals surface area contributed by atoms with Crippen molar-refractivity contribution >= 4 is 6.03 Å². The molecule has 2 aliphatic heterocycles. The van der Waals surface area contributed by atoms with Gasteiger partial charge in [0.15, 0.2) is 0 Å². The monoisotopic (exact) mass is 416 g/mol. The Morgan fingerprint density at radius 1 is 1.06 bits per heavy atom. The zero-order chi connectivity index (χ0) is 21.4. The molecule has 2 bridgehead atoms. The van der Waals surface area contributed by atoms with Crippen molar-refractivity contribution in [3.8, 4) is 17.2 Å². The number of nitrogens with one attached hydrogen (secondary N) is 1. The lowest BCUT2D eigenvalue weighted by molar-refractivity contribution is 0.128. The first kappa shape index (κ1) is 19.9. The Kier molecular flexibility index (Phi) is 5.27. The van der Waals surface area contributed by atoms with Crippen LogP contribution in [0.3, 0.4) is 0 Å². The molecule has 5 rings (SSSR count). The summed E-state index contributed by atoms with van der Waals surface area (Å²) < 4.78 is 1.91. The number of urea groups is 1. The van der Waals surface area contributed by atoms with Crippen molar-refractivity contribution in [2.45, 2.75) is 57.0 Å². The number of fused-ring (bicyclic) bond motifs is 4. The van der Waals surface area contributed by atoms with Gasteiger partial charge in [-0.1, -0.05) is 31.4 Å². The number of nitriles is 1. The molecule has 1 N–H and O–H groups in total. The van der Waals surface area contributed by atoms with Crippen molar-refractivity contribution in [3.05, 3.63) is 58.0 Å². The second-order valence-corrected chi connectivity index (χ2v) is 9.26. The van der Waals surface area contributed by atoms with E-state index in [9.17, 15) is 14.9 Å². The van der Waals surface area contributed by atoms with E-state index in [1.165, 1.54) is 19.3 Å². The molecule has 2 aromatic rings. The third-order valence-electron chi connectivity index (χ3n) is 7.11. The molecule has 1 saturated heterocycles. The Morgan fingerprint density at radius 3 is 2.71 bits per heavy atom. The predicted octanol–water partition coefficient (Wildman–Crippen LogP) is 3.85. The average molecular weight is 417 g/mol. The molecule has 6 heteroatoms. The Morgan fingerprint density at radius 2 is 1.90 bits per heavy atom. The van der Waals surface area contributed by atoms with Gasteiger partial charge in [-0.05, 0) is 48.9 Å². The number of piperidine rings is 1. The van der Waals surface area contributed by atoms with E-state index in [1.807, 2.05) is 33.7 Å². The van der Waals surface area contributed by atoms with Crippen LogP contribution in [-0.4, -0.2) is 34.6 Å². The van der Waals surface area contributed by atoms with E-state index >= 15 is 0 Å². The van der Waals surface area contributed by atoms with E-state index in [2.05, 4.69) is 11.4 Å². The van der Waals surface area contributed by atoms with E-state index < -0.39 is 0 Å². The normalized spacial score (nSPS) is 23.0. The number of hydrogen-bond acceptors (Lipinski definition) is 3. The highest BCUT2D eigenvalue weighted by Crippen LogP contribution is 2.40. The number of hydrogen-bond donors (Lipinski definition) is 1. The molecule has 1 aliphatic carbocycles. The molecule has 2 unspecified atom stereocenters. The zero-order valence-electron chi connectivity index (χ0n) is 17.7. The van der Waals surface area contributed by atoms with Crippen molar-refractivity contribution in [2.24, 2.45) is 5.92 Å². The van der Waals surface area contributed by atoms with Gasteiger partial charge in [-0.3, -0.25) is 4.79 Å². The molecule has 3 aliphatic rings. The van der Waals surface area contributed by atoms with Gasteiger partial charge in [-0.15, -0.1) is 0 Å². The van der Waals surface area contributed by atoms with Crippen LogP contribution in [0.25, 0.3) is 11.1 Å². The van der Waals surface area contributed by atoms with Gasteiger partial charge in [0, 0.05) is 48.9 Å². The maximum Gasteiger partial charge on any atom is 0.317 e. The highest BCUT2D eigenvalue weighted by molar-refractivity contribution is 5.75. The lowest BCUT2D eigenvalue weighted by Crippen LogP contribution is -2.53. The van der Waals surface area contributed by atoms with E-state index in [1.54, 1.807) is 12.1 Å². The van der Waals surface area contributed by atoms with Crippen LogP contribution >= 0.6 is 0 Å². The number of aromatic nitrogens is 1. The number of nitrogens with zero attached hydrogens (tertiary/aromatic N) is 3. The summed E-state index contributed by atoms with van der Waals surface area (Å²) in [5.41, 5.74) is 3.58. The molecule has 160 valence electrons. The van der Waals surface area contributed by atoms with Gasteiger partial charge in [0.05, 0.1) is 11.6 Å². The average Bonchev–Trinajstić information content (AvgIpc) is 2.80. The lowest BCUT2D eigenvalue weighted by Gasteiger charge is -2.44. The van der Waals surface area contributed by atoms with Gasteiger partial charge < -0.3 is 14.8 Å². The summed E-state index contributed by atoms with van der Waals surface area (Å²) in [6, 6.07) is 13.6. The minimum absolute atomic E-state index is 0.0185. The summed E-state index contributed by atoms with van der Waals surface area (Å²) in [7, 11) is 0. The molecule has 1 saturated carbocycles. The third-order valence-corrected chi connectivity index (χ3v) is 7.11. The van der Waals surface area contributed by atoms with Gasteiger partial charge in [0.2, 0.25) is 0 Å². The first-order valence-corrected chi connectivity index (χ1v) is 11.4. The summed E-state index contributed by atoms with van der Waals surface area (Å²) in [4.78, 5) is 27.7. The van der Waals surface area contributed by atoms with Crippen molar-refractivity contribution < 1.29 is 4.79 Å². The number of benzene rings is 1. The topological polar surface area (TPSA) is 78.1 Å². The summed E-state index contributed by atoms with van der Waals surface area (Å²) in [5.74, 6) is 0.418. The second kappa shape index (κ2) is 8.22. The Bertz CT molecular complexity index is 1090. The van der Waals surface area contributed by atoms with Gasteiger partial charge in [-0.25, -0.2) is 4.79 Å². The molecule has 6 nitrogen and oxygen atoms in total. The molecular weight excluding hydrogens is 388 g/mol. The van der Waals surface area contributed by atoms with Crippen molar-refractivity contribution in [2.75, 3.05) is 13.1 Å². The Labute approximate surface area is 182 Å². The van der Waals surface area contributed by atoms with Crippen LogP contribution in [0.1, 0.15) is 55.7 Å². The van der Waals surface area contributed by atoms with Crippen LogP contribution in [0.4, 0.5) is 4.79 Å². The first-order valence-electron chi connectivity index (χ1n) is 11.4. The maximum atomic E-state index is 13.0. The van der Waals surface area contributed by atoms with Crippen LogP contribution in [0.15, 0.2) is 41.2 Å². The fourth-order valence-electron chi connectivity index (χ4n) is 5.69. The predicted molar refractivity (Wildman–Crippen MR) is 119 cm³/mol. The largest absolute Gasteiger partial charge is 0.335 e.